The van der Waals surface area contributed by atoms with Gasteiger partial charge in [-0.1, -0.05) is 34.6 Å². The van der Waals surface area contributed by atoms with Crippen molar-refractivity contribution in [3.8, 4) is 0 Å². The number of hydrogen-bond donors (Lipinski definition) is 0. The number of methoxy groups -OCH3 is 2. The number of rotatable bonds is 4. The summed E-state index contributed by atoms with van der Waals surface area (Å²) < 4.78 is 17.6. The lowest BCUT2D eigenvalue weighted by Gasteiger charge is -2.62. The topological polar surface area (TPSA) is 44.8 Å². The van der Waals surface area contributed by atoms with E-state index in [1.165, 1.54) is 0 Å². The second-order valence-electron chi connectivity index (χ2n) is 10.1. The Hall–Kier alpha value is -0.450. The highest BCUT2D eigenvalue weighted by molar-refractivity contribution is 5.87. The van der Waals surface area contributed by atoms with E-state index in [9.17, 15) is 4.79 Å². The van der Waals surface area contributed by atoms with Gasteiger partial charge in [0.1, 0.15) is 12.6 Å². The molecule has 0 saturated heterocycles. The van der Waals surface area contributed by atoms with Gasteiger partial charge in [-0.2, -0.15) is 0 Å². The van der Waals surface area contributed by atoms with Crippen LogP contribution in [-0.2, 0) is 19.0 Å². The summed E-state index contributed by atoms with van der Waals surface area (Å²) in [6.07, 6.45) is 5.42. The Balaban J connectivity index is 2.16. The molecule has 2 bridgehead atoms. The fourth-order valence-corrected chi connectivity index (χ4v) is 7.00. The first-order chi connectivity index (χ1) is 12.1. The molecule has 26 heavy (non-hydrogen) atoms. The summed E-state index contributed by atoms with van der Waals surface area (Å²) in [6, 6.07) is 0. The van der Waals surface area contributed by atoms with Gasteiger partial charge in [0.25, 0.3) is 0 Å². The smallest absolute Gasteiger partial charge is 0.146 e. The Labute approximate surface area is 159 Å². The third kappa shape index (κ3) is 2.70. The molecular formula is C22H38O4. The van der Waals surface area contributed by atoms with Gasteiger partial charge in [-0.05, 0) is 49.4 Å². The lowest BCUT2D eigenvalue weighted by molar-refractivity contribution is -0.218. The molecule has 0 aromatic heterocycles. The van der Waals surface area contributed by atoms with Gasteiger partial charge in [0.15, 0.2) is 0 Å². The molecule has 3 aliphatic rings. The highest BCUT2D eigenvalue weighted by atomic mass is 16.7. The van der Waals surface area contributed by atoms with Gasteiger partial charge >= 0.3 is 0 Å². The molecule has 3 aliphatic carbocycles. The van der Waals surface area contributed by atoms with Crippen LogP contribution in [-0.4, -0.2) is 39.0 Å². The maximum Gasteiger partial charge on any atom is 0.146 e. The molecule has 0 N–H and O–H groups in total. The van der Waals surface area contributed by atoms with Gasteiger partial charge in [0.05, 0.1) is 12.2 Å². The first-order valence-corrected chi connectivity index (χ1v) is 10.3. The fraction of sp³-hybridized carbons (Fsp3) is 0.955. The summed E-state index contributed by atoms with van der Waals surface area (Å²) in [7, 11) is 3.51. The van der Waals surface area contributed by atoms with E-state index < -0.39 is 0 Å². The van der Waals surface area contributed by atoms with Crippen molar-refractivity contribution in [3.63, 3.8) is 0 Å². The first-order valence-electron chi connectivity index (χ1n) is 10.3. The Morgan fingerprint density at radius 1 is 1.08 bits per heavy atom. The minimum Gasteiger partial charge on any atom is -0.381 e. The van der Waals surface area contributed by atoms with Gasteiger partial charge in [0, 0.05) is 31.0 Å². The van der Waals surface area contributed by atoms with Crippen molar-refractivity contribution in [2.45, 2.75) is 78.9 Å². The van der Waals surface area contributed by atoms with E-state index in [1.807, 2.05) is 7.11 Å². The van der Waals surface area contributed by atoms with Crippen LogP contribution in [0.15, 0.2) is 0 Å². The zero-order chi connectivity index (χ0) is 19.3. The number of carbonyl (C=O) groups excluding carboxylic acids is 1. The SMILES string of the molecule is COCO[C@@H]1CC(C)(C)C(=O)[C@H](C)C23CCC(OC)C2[C@@]1(C)[C@H](C)CC3. The molecule has 0 amide bonds. The largest absolute Gasteiger partial charge is 0.381 e. The lowest BCUT2D eigenvalue weighted by atomic mass is 9.44. The van der Waals surface area contributed by atoms with Crippen molar-refractivity contribution >= 4 is 5.78 Å². The average molecular weight is 367 g/mol. The molecular weight excluding hydrogens is 328 g/mol. The van der Waals surface area contributed by atoms with Gasteiger partial charge in [-0.15, -0.1) is 0 Å². The molecule has 3 rings (SSSR count). The van der Waals surface area contributed by atoms with Crippen LogP contribution in [0.2, 0.25) is 0 Å². The van der Waals surface area contributed by atoms with Crippen LogP contribution >= 0.6 is 0 Å². The maximum atomic E-state index is 13.5. The summed E-state index contributed by atoms with van der Waals surface area (Å²) in [5, 5.41) is 0. The summed E-state index contributed by atoms with van der Waals surface area (Å²) in [4.78, 5) is 13.5. The number of Topliss-reactive ketones (excluding diaryl/α,β-unsaturated/α-hetero) is 1. The van der Waals surface area contributed by atoms with E-state index in [-0.39, 0.29) is 41.2 Å². The third-order valence-electron chi connectivity index (χ3n) is 8.66. The molecule has 4 nitrogen and oxygen atoms in total. The predicted molar refractivity (Wildman–Crippen MR) is 102 cm³/mol. The molecule has 0 heterocycles. The van der Waals surface area contributed by atoms with E-state index >= 15 is 0 Å². The van der Waals surface area contributed by atoms with Crippen LogP contribution in [0.25, 0.3) is 0 Å². The average Bonchev–Trinajstić information content (AvgIpc) is 3.00. The Morgan fingerprint density at radius 2 is 1.73 bits per heavy atom. The van der Waals surface area contributed by atoms with Gasteiger partial charge in [-0.25, -0.2) is 0 Å². The van der Waals surface area contributed by atoms with E-state index in [0.29, 0.717) is 17.6 Å². The monoisotopic (exact) mass is 366 g/mol. The van der Waals surface area contributed by atoms with Crippen molar-refractivity contribution in [2.75, 3.05) is 21.0 Å². The van der Waals surface area contributed by atoms with Crippen LogP contribution < -0.4 is 0 Å². The van der Waals surface area contributed by atoms with Crippen LogP contribution in [0.5, 0.6) is 0 Å². The minimum absolute atomic E-state index is 0.00400. The Kier molecular flexibility index (Phi) is 5.35. The fourth-order valence-electron chi connectivity index (χ4n) is 7.00. The standard InChI is InChI=1S/C22H38O4/c1-14-8-10-22-11-9-16(25-7)18(22)21(14,5)17(26-13-24-6)12-20(3,4)19(23)15(22)2/h14-18H,8-13H2,1-7H3/t14-,15+,16?,17-,18?,21+,22?/m1/s1. The minimum atomic E-state index is -0.376. The second-order valence-corrected chi connectivity index (χ2v) is 10.1. The van der Waals surface area contributed by atoms with Crippen molar-refractivity contribution < 1.29 is 19.0 Å². The van der Waals surface area contributed by atoms with Crippen LogP contribution in [0.1, 0.15) is 66.7 Å². The molecule has 0 spiro atoms. The van der Waals surface area contributed by atoms with E-state index in [0.717, 1.165) is 32.1 Å². The molecule has 0 radical (unpaired) electrons. The van der Waals surface area contributed by atoms with E-state index in [2.05, 4.69) is 34.6 Å². The Morgan fingerprint density at radius 3 is 2.35 bits per heavy atom. The van der Waals surface area contributed by atoms with Gasteiger partial charge < -0.3 is 14.2 Å². The second kappa shape index (κ2) is 6.86. The summed E-state index contributed by atoms with van der Waals surface area (Å²) in [6.45, 7) is 11.5. The molecule has 3 fully saturated rings. The summed E-state index contributed by atoms with van der Waals surface area (Å²) >= 11 is 0. The molecule has 150 valence electrons. The molecule has 4 heteroatoms. The molecule has 0 aromatic rings. The summed E-state index contributed by atoms with van der Waals surface area (Å²) in [5.74, 6) is 1.38. The number of ether oxygens (including phenoxy) is 3. The highest BCUT2D eigenvalue weighted by Gasteiger charge is 2.67. The van der Waals surface area contributed by atoms with Crippen molar-refractivity contribution in [3.05, 3.63) is 0 Å². The maximum absolute atomic E-state index is 13.5. The molecule has 3 unspecified atom stereocenters. The van der Waals surface area contributed by atoms with Crippen LogP contribution in [0.4, 0.5) is 0 Å². The molecule has 0 aliphatic heterocycles. The number of carbonyl (C=O) groups is 1. The van der Waals surface area contributed by atoms with Crippen LogP contribution in [0.3, 0.4) is 0 Å². The zero-order valence-corrected chi connectivity index (χ0v) is 17.8. The first kappa shape index (κ1) is 20.3. The molecule has 0 aromatic carbocycles. The van der Waals surface area contributed by atoms with Crippen molar-refractivity contribution in [1.29, 1.82) is 0 Å². The Bertz CT molecular complexity index is 544. The van der Waals surface area contributed by atoms with E-state index in [1.54, 1.807) is 7.11 Å². The number of hydrogen-bond acceptors (Lipinski definition) is 4. The third-order valence-corrected chi connectivity index (χ3v) is 8.66. The highest BCUT2D eigenvalue weighted by Crippen LogP contribution is 2.68. The lowest BCUT2D eigenvalue weighted by Crippen LogP contribution is -2.62. The van der Waals surface area contributed by atoms with Gasteiger partial charge in [-0.3, -0.25) is 4.79 Å². The number of ketones is 1. The van der Waals surface area contributed by atoms with Crippen molar-refractivity contribution in [1.82, 2.24) is 0 Å². The van der Waals surface area contributed by atoms with Gasteiger partial charge in [0.2, 0.25) is 0 Å². The molecule has 3 saturated carbocycles. The zero-order valence-electron chi connectivity index (χ0n) is 17.8. The predicted octanol–water partition coefficient (Wildman–Crippen LogP) is 4.46. The van der Waals surface area contributed by atoms with Crippen LogP contribution in [0, 0.1) is 34.0 Å². The summed E-state index contributed by atoms with van der Waals surface area (Å²) in [5.41, 5.74) is -0.342. The van der Waals surface area contributed by atoms with E-state index in [4.69, 9.17) is 14.2 Å². The molecule has 7 atom stereocenters. The normalized spacial score (nSPS) is 48.0. The quantitative estimate of drug-likeness (QED) is 0.689. The van der Waals surface area contributed by atoms with Crippen molar-refractivity contribution in [2.24, 2.45) is 34.0 Å².